The summed E-state index contributed by atoms with van der Waals surface area (Å²) in [6.45, 7) is 3.09. The topological polar surface area (TPSA) is 75.6 Å². The Labute approximate surface area is 99.2 Å². The van der Waals surface area contributed by atoms with Crippen molar-refractivity contribution in [3.05, 3.63) is 23.8 Å². The van der Waals surface area contributed by atoms with Crippen molar-refractivity contribution in [1.29, 1.82) is 0 Å². The monoisotopic (exact) mass is 237 g/mol. The lowest BCUT2D eigenvalue weighted by Gasteiger charge is -2.31. The number of aryl methyl sites for hydroxylation is 1. The number of hydrogen-bond donors (Lipinski definition) is 1. The summed E-state index contributed by atoms with van der Waals surface area (Å²) in [5.74, 6) is -0.167. The van der Waals surface area contributed by atoms with Gasteiger partial charge in [-0.15, -0.1) is 0 Å². The van der Waals surface area contributed by atoms with Crippen molar-refractivity contribution in [1.82, 2.24) is 14.9 Å². The van der Waals surface area contributed by atoms with Gasteiger partial charge in [-0.2, -0.15) is 0 Å². The van der Waals surface area contributed by atoms with E-state index in [0.717, 1.165) is 5.69 Å². The van der Waals surface area contributed by atoms with Crippen molar-refractivity contribution in [2.45, 2.75) is 13.0 Å². The number of aliphatic hydroxyl groups is 1. The second-order valence-corrected chi connectivity index (χ2v) is 3.97. The van der Waals surface area contributed by atoms with Crippen molar-refractivity contribution in [2.75, 3.05) is 26.3 Å². The number of carbonyl (C=O) groups is 1. The number of hydrogen-bond acceptors (Lipinski definition) is 5. The lowest BCUT2D eigenvalue weighted by molar-refractivity contribution is -0.0448. The van der Waals surface area contributed by atoms with Gasteiger partial charge in [-0.05, 0) is 6.92 Å². The second kappa shape index (κ2) is 5.20. The number of nitrogens with zero attached hydrogens (tertiary/aromatic N) is 3. The van der Waals surface area contributed by atoms with Crippen molar-refractivity contribution in [3.8, 4) is 0 Å². The summed E-state index contributed by atoms with van der Waals surface area (Å²) >= 11 is 0. The molecule has 0 aromatic carbocycles. The van der Waals surface area contributed by atoms with Gasteiger partial charge in [0.15, 0.2) is 0 Å². The number of aromatic nitrogens is 2. The molecule has 17 heavy (non-hydrogen) atoms. The molecular formula is C11H15N3O3. The van der Waals surface area contributed by atoms with Gasteiger partial charge in [0.2, 0.25) is 0 Å². The molecule has 1 N–H and O–H groups in total. The Hall–Kier alpha value is -1.53. The quantitative estimate of drug-likeness (QED) is 0.758. The normalized spacial score (nSPS) is 20.4. The molecular weight excluding hydrogens is 222 g/mol. The van der Waals surface area contributed by atoms with Crippen molar-refractivity contribution < 1.29 is 14.6 Å². The van der Waals surface area contributed by atoms with Crippen LogP contribution in [0.15, 0.2) is 12.4 Å². The van der Waals surface area contributed by atoms with Gasteiger partial charge >= 0.3 is 0 Å². The van der Waals surface area contributed by atoms with Gasteiger partial charge < -0.3 is 14.7 Å². The number of carbonyl (C=O) groups excluding carboxylic acids is 1. The van der Waals surface area contributed by atoms with Gasteiger partial charge in [-0.3, -0.25) is 9.78 Å². The molecule has 1 aliphatic heterocycles. The molecule has 0 radical (unpaired) electrons. The first-order valence-corrected chi connectivity index (χ1v) is 5.51. The van der Waals surface area contributed by atoms with Crippen molar-refractivity contribution in [3.63, 3.8) is 0 Å². The molecule has 0 saturated carbocycles. The number of aliphatic hydroxyl groups excluding tert-OH is 1. The van der Waals surface area contributed by atoms with Crippen LogP contribution in [-0.2, 0) is 4.74 Å². The van der Waals surface area contributed by atoms with Gasteiger partial charge in [0, 0.05) is 19.3 Å². The largest absolute Gasteiger partial charge is 0.394 e. The van der Waals surface area contributed by atoms with Gasteiger partial charge in [0.05, 0.1) is 31.2 Å². The Morgan fingerprint density at radius 1 is 1.59 bits per heavy atom. The third-order valence-electron chi connectivity index (χ3n) is 2.63. The Bertz CT molecular complexity index is 393. The minimum absolute atomic E-state index is 0.0800. The van der Waals surface area contributed by atoms with Crippen LogP contribution in [0.25, 0.3) is 0 Å². The number of amides is 1. The highest BCUT2D eigenvalue weighted by atomic mass is 16.5. The molecule has 1 aromatic rings. The van der Waals surface area contributed by atoms with Crippen LogP contribution in [0.2, 0.25) is 0 Å². The van der Waals surface area contributed by atoms with E-state index >= 15 is 0 Å². The van der Waals surface area contributed by atoms with Crippen LogP contribution in [0.4, 0.5) is 0 Å². The molecule has 1 amide bonds. The SMILES string of the molecule is Cc1cnc(C(=O)N2CCOC(CO)C2)cn1. The molecule has 1 unspecified atom stereocenters. The average molecular weight is 237 g/mol. The zero-order chi connectivity index (χ0) is 12.3. The van der Waals surface area contributed by atoms with E-state index < -0.39 is 0 Å². The number of rotatable bonds is 2. The Morgan fingerprint density at radius 2 is 2.41 bits per heavy atom. The molecule has 1 aromatic heterocycles. The van der Waals surface area contributed by atoms with Crippen molar-refractivity contribution >= 4 is 5.91 Å². The first-order chi connectivity index (χ1) is 8.20. The standard InChI is InChI=1S/C11H15N3O3/c1-8-4-13-10(5-12-8)11(16)14-2-3-17-9(6-14)7-15/h4-5,9,15H,2-3,6-7H2,1H3. The molecule has 0 spiro atoms. The van der Waals surface area contributed by atoms with Crippen LogP contribution in [0.5, 0.6) is 0 Å². The smallest absolute Gasteiger partial charge is 0.274 e. The van der Waals surface area contributed by atoms with E-state index in [1.807, 2.05) is 6.92 Å². The third kappa shape index (κ3) is 2.78. The number of morpholine rings is 1. The molecule has 6 heteroatoms. The summed E-state index contributed by atoms with van der Waals surface area (Å²) in [5.41, 5.74) is 1.10. The molecule has 0 aliphatic carbocycles. The highest BCUT2D eigenvalue weighted by Crippen LogP contribution is 2.08. The first-order valence-electron chi connectivity index (χ1n) is 5.51. The Balaban J connectivity index is 2.06. The molecule has 2 rings (SSSR count). The minimum atomic E-state index is -0.300. The van der Waals surface area contributed by atoms with E-state index in [1.165, 1.54) is 6.20 Å². The predicted octanol–water partition coefficient (Wildman–Crippen LogP) is -0.382. The van der Waals surface area contributed by atoms with Crippen LogP contribution in [-0.4, -0.2) is 58.3 Å². The van der Waals surface area contributed by atoms with Crippen LogP contribution in [0.3, 0.4) is 0 Å². The van der Waals surface area contributed by atoms with E-state index in [2.05, 4.69) is 9.97 Å². The lowest BCUT2D eigenvalue weighted by Crippen LogP contribution is -2.47. The van der Waals surface area contributed by atoms with Crippen LogP contribution in [0, 0.1) is 6.92 Å². The van der Waals surface area contributed by atoms with E-state index in [0.29, 0.717) is 25.4 Å². The molecule has 0 bridgehead atoms. The molecule has 92 valence electrons. The fraction of sp³-hybridized carbons (Fsp3) is 0.545. The second-order valence-electron chi connectivity index (χ2n) is 3.97. The highest BCUT2D eigenvalue weighted by Gasteiger charge is 2.25. The Kier molecular flexibility index (Phi) is 3.65. The molecule has 2 heterocycles. The lowest BCUT2D eigenvalue weighted by atomic mass is 10.2. The van der Waals surface area contributed by atoms with Gasteiger partial charge in [-0.1, -0.05) is 0 Å². The maximum atomic E-state index is 12.1. The fourth-order valence-electron chi connectivity index (χ4n) is 1.68. The summed E-state index contributed by atoms with van der Waals surface area (Å²) < 4.78 is 5.28. The highest BCUT2D eigenvalue weighted by molar-refractivity contribution is 5.92. The maximum Gasteiger partial charge on any atom is 0.274 e. The minimum Gasteiger partial charge on any atom is -0.394 e. The summed E-state index contributed by atoms with van der Waals surface area (Å²) in [6, 6.07) is 0. The first kappa shape index (κ1) is 11.9. The summed E-state index contributed by atoms with van der Waals surface area (Å²) in [5, 5.41) is 9.01. The maximum absolute atomic E-state index is 12.1. The molecule has 1 fully saturated rings. The average Bonchev–Trinajstić information content (AvgIpc) is 2.39. The summed E-state index contributed by atoms with van der Waals surface area (Å²) in [7, 11) is 0. The van der Waals surface area contributed by atoms with E-state index in [9.17, 15) is 4.79 Å². The van der Waals surface area contributed by atoms with Gasteiger partial charge in [-0.25, -0.2) is 4.98 Å². The molecule has 1 saturated heterocycles. The molecule has 1 aliphatic rings. The third-order valence-corrected chi connectivity index (χ3v) is 2.63. The zero-order valence-electron chi connectivity index (χ0n) is 9.67. The fourth-order valence-corrected chi connectivity index (χ4v) is 1.68. The van der Waals surface area contributed by atoms with Crippen LogP contribution < -0.4 is 0 Å². The van der Waals surface area contributed by atoms with E-state index in [-0.39, 0.29) is 18.6 Å². The number of ether oxygens (including phenoxy) is 1. The van der Waals surface area contributed by atoms with Gasteiger partial charge in [0.1, 0.15) is 5.69 Å². The van der Waals surface area contributed by atoms with Crippen LogP contribution >= 0.6 is 0 Å². The molecule has 1 atom stereocenters. The zero-order valence-corrected chi connectivity index (χ0v) is 9.67. The van der Waals surface area contributed by atoms with E-state index in [4.69, 9.17) is 9.84 Å². The summed E-state index contributed by atoms with van der Waals surface area (Å²) in [6.07, 6.45) is 2.74. The predicted molar refractivity (Wildman–Crippen MR) is 59.5 cm³/mol. The van der Waals surface area contributed by atoms with Crippen LogP contribution in [0.1, 0.15) is 16.2 Å². The Morgan fingerprint density at radius 3 is 3.06 bits per heavy atom. The van der Waals surface area contributed by atoms with E-state index in [1.54, 1.807) is 11.1 Å². The van der Waals surface area contributed by atoms with Crippen molar-refractivity contribution in [2.24, 2.45) is 0 Å². The van der Waals surface area contributed by atoms with Gasteiger partial charge in [0.25, 0.3) is 5.91 Å². The summed E-state index contributed by atoms with van der Waals surface area (Å²) in [4.78, 5) is 21.8. The molecule has 6 nitrogen and oxygen atoms in total.